The Kier molecular flexibility index (Phi) is 3.83. The van der Waals surface area contributed by atoms with Crippen LogP contribution in [-0.2, 0) is 0 Å². The van der Waals surface area contributed by atoms with Gasteiger partial charge in [-0.25, -0.2) is 0 Å². The highest BCUT2D eigenvalue weighted by Gasteiger charge is 2.15. The lowest BCUT2D eigenvalue weighted by molar-refractivity contribution is 0.226. The first kappa shape index (κ1) is 8.97. The Morgan fingerprint density at radius 2 is 2.36 bits per heavy atom. The van der Waals surface area contributed by atoms with Gasteiger partial charge in [-0.2, -0.15) is 0 Å². The molecule has 3 nitrogen and oxygen atoms in total. The molecule has 11 heavy (non-hydrogen) atoms. The molecule has 1 heterocycles. The highest BCUT2D eigenvalue weighted by molar-refractivity contribution is 4.75. The van der Waals surface area contributed by atoms with Crippen LogP contribution < -0.4 is 10.6 Å². The molecule has 0 aliphatic carbocycles. The lowest BCUT2D eigenvalue weighted by atomic mass is 10.1. The lowest BCUT2D eigenvalue weighted by Crippen LogP contribution is -2.46. The molecule has 1 unspecified atom stereocenters. The molecular weight excluding hydrogens is 138 g/mol. The molecule has 2 N–H and O–H groups in total. The van der Waals surface area contributed by atoms with Gasteiger partial charge < -0.3 is 15.5 Å². The Morgan fingerprint density at radius 1 is 1.55 bits per heavy atom. The van der Waals surface area contributed by atoms with Crippen molar-refractivity contribution in [2.24, 2.45) is 0 Å². The molecule has 0 aromatic rings. The first-order chi connectivity index (χ1) is 5.33. The van der Waals surface area contributed by atoms with Crippen LogP contribution in [0.5, 0.6) is 0 Å². The second kappa shape index (κ2) is 4.70. The van der Waals surface area contributed by atoms with Gasteiger partial charge in [0.25, 0.3) is 0 Å². The average molecular weight is 157 g/mol. The van der Waals surface area contributed by atoms with E-state index < -0.39 is 0 Å². The van der Waals surface area contributed by atoms with Gasteiger partial charge in [0.15, 0.2) is 0 Å². The van der Waals surface area contributed by atoms with Crippen molar-refractivity contribution >= 4 is 0 Å². The van der Waals surface area contributed by atoms with E-state index in [1.165, 1.54) is 25.9 Å². The highest BCUT2D eigenvalue weighted by Crippen LogP contribution is 2.06. The van der Waals surface area contributed by atoms with E-state index in [1.807, 2.05) is 7.05 Å². The zero-order valence-corrected chi connectivity index (χ0v) is 7.56. The van der Waals surface area contributed by atoms with Crippen molar-refractivity contribution in [1.82, 2.24) is 15.5 Å². The van der Waals surface area contributed by atoms with Gasteiger partial charge in [0.05, 0.1) is 0 Å². The zero-order chi connectivity index (χ0) is 8.10. The monoisotopic (exact) mass is 157 g/mol. The van der Waals surface area contributed by atoms with Gasteiger partial charge in [-0.15, -0.1) is 0 Å². The van der Waals surface area contributed by atoms with Gasteiger partial charge in [0, 0.05) is 19.3 Å². The van der Waals surface area contributed by atoms with Crippen molar-refractivity contribution in [2.75, 3.05) is 33.9 Å². The van der Waals surface area contributed by atoms with Gasteiger partial charge >= 0.3 is 0 Å². The second-order valence-corrected chi connectivity index (χ2v) is 3.34. The van der Waals surface area contributed by atoms with Gasteiger partial charge in [-0.1, -0.05) is 0 Å². The summed E-state index contributed by atoms with van der Waals surface area (Å²) in [5.74, 6) is 0. The summed E-state index contributed by atoms with van der Waals surface area (Å²) in [6, 6.07) is 0.696. The standard InChI is InChI=1S/C8H19N3/c1-9-7-10-8-4-3-5-11(2)6-8/h8-10H,3-7H2,1-2H3. The number of nitrogens with one attached hydrogen (secondary N) is 2. The van der Waals surface area contributed by atoms with E-state index in [-0.39, 0.29) is 0 Å². The zero-order valence-electron chi connectivity index (χ0n) is 7.56. The first-order valence-electron chi connectivity index (χ1n) is 4.39. The summed E-state index contributed by atoms with van der Waals surface area (Å²) in [7, 11) is 4.16. The molecule has 0 aromatic carbocycles. The number of piperidine rings is 1. The van der Waals surface area contributed by atoms with E-state index >= 15 is 0 Å². The van der Waals surface area contributed by atoms with Crippen LogP contribution in [0.2, 0.25) is 0 Å². The minimum absolute atomic E-state index is 0.696. The molecular formula is C8H19N3. The third-order valence-corrected chi connectivity index (χ3v) is 2.19. The molecule has 3 heteroatoms. The van der Waals surface area contributed by atoms with Crippen molar-refractivity contribution in [3.8, 4) is 0 Å². The van der Waals surface area contributed by atoms with Crippen LogP contribution in [0, 0.1) is 0 Å². The smallest absolute Gasteiger partial charge is 0.0454 e. The van der Waals surface area contributed by atoms with E-state index in [2.05, 4.69) is 22.6 Å². The highest BCUT2D eigenvalue weighted by atomic mass is 15.2. The van der Waals surface area contributed by atoms with Gasteiger partial charge in [0.1, 0.15) is 0 Å². The van der Waals surface area contributed by atoms with Crippen molar-refractivity contribution in [3.05, 3.63) is 0 Å². The number of rotatable bonds is 3. The Hall–Kier alpha value is -0.120. The van der Waals surface area contributed by atoms with Crippen LogP contribution in [0.4, 0.5) is 0 Å². The minimum atomic E-state index is 0.696. The van der Waals surface area contributed by atoms with Crippen LogP contribution in [0.25, 0.3) is 0 Å². The van der Waals surface area contributed by atoms with E-state index in [9.17, 15) is 0 Å². The summed E-state index contributed by atoms with van der Waals surface area (Å²) < 4.78 is 0. The normalized spacial score (nSPS) is 27.3. The largest absolute Gasteiger partial charge is 0.308 e. The fourth-order valence-corrected chi connectivity index (χ4v) is 1.58. The molecule has 1 saturated heterocycles. The van der Waals surface area contributed by atoms with E-state index in [0.717, 1.165) is 6.67 Å². The molecule has 0 radical (unpaired) electrons. The predicted molar refractivity (Wildman–Crippen MR) is 47.6 cm³/mol. The number of hydrogen-bond acceptors (Lipinski definition) is 3. The molecule has 0 bridgehead atoms. The third kappa shape index (κ3) is 3.18. The van der Waals surface area contributed by atoms with Crippen molar-refractivity contribution in [1.29, 1.82) is 0 Å². The quantitative estimate of drug-likeness (QED) is 0.558. The molecule has 1 aliphatic rings. The van der Waals surface area contributed by atoms with E-state index in [0.29, 0.717) is 6.04 Å². The molecule has 0 spiro atoms. The molecule has 66 valence electrons. The van der Waals surface area contributed by atoms with Gasteiger partial charge in [-0.05, 0) is 33.5 Å². The summed E-state index contributed by atoms with van der Waals surface area (Å²) >= 11 is 0. The molecule has 0 saturated carbocycles. The summed E-state index contributed by atoms with van der Waals surface area (Å²) in [5, 5.41) is 6.55. The first-order valence-corrected chi connectivity index (χ1v) is 4.39. The van der Waals surface area contributed by atoms with Crippen molar-refractivity contribution in [3.63, 3.8) is 0 Å². The Bertz CT molecular complexity index is 106. The SMILES string of the molecule is CNCNC1CCCN(C)C1. The van der Waals surface area contributed by atoms with Gasteiger partial charge in [0.2, 0.25) is 0 Å². The molecule has 0 amide bonds. The predicted octanol–water partition coefficient (Wildman–Crippen LogP) is -0.153. The summed E-state index contributed by atoms with van der Waals surface area (Å²) in [6.07, 6.45) is 2.66. The third-order valence-electron chi connectivity index (χ3n) is 2.19. The van der Waals surface area contributed by atoms with Gasteiger partial charge in [-0.3, -0.25) is 0 Å². The van der Waals surface area contributed by atoms with E-state index in [4.69, 9.17) is 0 Å². The van der Waals surface area contributed by atoms with Crippen molar-refractivity contribution in [2.45, 2.75) is 18.9 Å². The summed E-state index contributed by atoms with van der Waals surface area (Å²) in [6.45, 7) is 3.39. The summed E-state index contributed by atoms with van der Waals surface area (Å²) in [5.41, 5.74) is 0. The maximum atomic E-state index is 3.45. The van der Waals surface area contributed by atoms with E-state index in [1.54, 1.807) is 0 Å². The molecule has 1 atom stereocenters. The number of likely N-dealkylation sites (tertiary alicyclic amines) is 1. The second-order valence-electron chi connectivity index (χ2n) is 3.34. The lowest BCUT2D eigenvalue weighted by Gasteiger charge is -2.30. The fraction of sp³-hybridized carbons (Fsp3) is 1.00. The molecule has 1 aliphatic heterocycles. The molecule has 1 rings (SSSR count). The molecule has 1 fully saturated rings. The number of nitrogens with zero attached hydrogens (tertiary/aromatic N) is 1. The number of hydrogen-bond donors (Lipinski definition) is 2. The average Bonchev–Trinajstić information content (AvgIpc) is 2.01. The maximum Gasteiger partial charge on any atom is 0.0454 e. The molecule has 0 aromatic heterocycles. The Labute approximate surface area is 69.1 Å². The Balaban J connectivity index is 2.12. The Morgan fingerprint density at radius 3 is 3.00 bits per heavy atom. The van der Waals surface area contributed by atoms with Crippen LogP contribution in [-0.4, -0.2) is 44.8 Å². The van der Waals surface area contributed by atoms with Crippen LogP contribution in [0.1, 0.15) is 12.8 Å². The number of likely N-dealkylation sites (N-methyl/N-ethyl adjacent to an activating group) is 1. The summed E-state index contributed by atoms with van der Waals surface area (Å²) in [4.78, 5) is 2.39. The van der Waals surface area contributed by atoms with Crippen LogP contribution in [0.3, 0.4) is 0 Å². The van der Waals surface area contributed by atoms with Crippen molar-refractivity contribution < 1.29 is 0 Å². The van der Waals surface area contributed by atoms with Crippen LogP contribution >= 0.6 is 0 Å². The van der Waals surface area contributed by atoms with Crippen LogP contribution in [0.15, 0.2) is 0 Å². The maximum absolute atomic E-state index is 3.45. The fourth-order valence-electron chi connectivity index (χ4n) is 1.58. The minimum Gasteiger partial charge on any atom is -0.308 e. The topological polar surface area (TPSA) is 27.3 Å².